The number of benzene rings is 1. The molecule has 0 aliphatic heterocycles. The molecular weight excluding hydrogens is 276 g/mol. The van der Waals surface area contributed by atoms with Crippen LogP contribution in [0.1, 0.15) is 11.7 Å². The third kappa shape index (κ3) is 2.40. The number of hydrogen-bond donors (Lipinski definition) is 1. The normalized spacial score (nSPS) is 14.7. The van der Waals surface area contributed by atoms with Crippen molar-refractivity contribution in [3.8, 4) is 0 Å². The molecule has 0 aliphatic carbocycles. The monoisotopic (exact) mass is 280 g/mol. The van der Waals surface area contributed by atoms with E-state index in [-0.39, 0.29) is 12.1 Å². The van der Waals surface area contributed by atoms with Crippen molar-refractivity contribution < 1.29 is 40.2 Å². The van der Waals surface area contributed by atoms with E-state index in [9.17, 15) is 35.1 Å². The minimum absolute atomic E-state index is 0.117. The molecule has 102 valence electrons. The van der Waals surface area contributed by atoms with Gasteiger partial charge in [-0.3, -0.25) is 0 Å². The van der Waals surface area contributed by atoms with Gasteiger partial charge in [0.2, 0.25) is 0 Å². The maximum Gasteiger partial charge on any atom is 0.456 e. The standard InChI is InChI=1S/C9H4F8O/c10-3-1-4(11)6(5(12)2-3)7(18)8(13,14)9(15,16)17/h1-2,7,18H. The molecule has 0 fully saturated rings. The maximum absolute atomic E-state index is 12.9. The molecule has 0 amide bonds. The van der Waals surface area contributed by atoms with Crippen LogP contribution in [0.25, 0.3) is 0 Å². The van der Waals surface area contributed by atoms with Crippen LogP contribution in [0.3, 0.4) is 0 Å². The number of halogens is 8. The van der Waals surface area contributed by atoms with Crippen molar-refractivity contribution in [3.05, 3.63) is 35.1 Å². The van der Waals surface area contributed by atoms with Gasteiger partial charge >= 0.3 is 12.1 Å². The van der Waals surface area contributed by atoms with Crippen molar-refractivity contribution in [1.29, 1.82) is 0 Å². The van der Waals surface area contributed by atoms with E-state index in [0.717, 1.165) is 0 Å². The Balaban J connectivity index is 3.32. The minimum Gasteiger partial charge on any atom is -0.381 e. The lowest BCUT2D eigenvalue weighted by Crippen LogP contribution is -2.42. The van der Waals surface area contributed by atoms with Gasteiger partial charge in [-0.2, -0.15) is 22.0 Å². The second kappa shape index (κ2) is 4.38. The summed E-state index contributed by atoms with van der Waals surface area (Å²) in [5, 5.41) is 8.76. The van der Waals surface area contributed by atoms with Crippen molar-refractivity contribution in [2.45, 2.75) is 18.2 Å². The van der Waals surface area contributed by atoms with Crippen LogP contribution >= 0.6 is 0 Å². The number of rotatable bonds is 2. The van der Waals surface area contributed by atoms with Gasteiger partial charge in [-0.15, -0.1) is 0 Å². The number of hydrogen-bond acceptors (Lipinski definition) is 1. The van der Waals surface area contributed by atoms with Crippen LogP contribution in [0.2, 0.25) is 0 Å². The molecule has 1 aromatic rings. The summed E-state index contributed by atoms with van der Waals surface area (Å²) in [5.41, 5.74) is -1.95. The lowest BCUT2D eigenvalue weighted by molar-refractivity contribution is -0.315. The van der Waals surface area contributed by atoms with Crippen molar-refractivity contribution in [1.82, 2.24) is 0 Å². The topological polar surface area (TPSA) is 20.2 Å². The minimum atomic E-state index is -6.21. The summed E-state index contributed by atoms with van der Waals surface area (Å²) in [6.07, 6.45) is -10.0. The van der Waals surface area contributed by atoms with E-state index in [4.69, 9.17) is 5.11 Å². The predicted molar refractivity (Wildman–Crippen MR) is 42.3 cm³/mol. The summed E-state index contributed by atoms with van der Waals surface area (Å²) in [6.45, 7) is 0. The van der Waals surface area contributed by atoms with Gasteiger partial charge in [0.1, 0.15) is 17.5 Å². The van der Waals surface area contributed by atoms with Crippen LogP contribution in [0.5, 0.6) is 0 Å². The number of alkyl halides is 5. The van der Waals surface area contributed by atoms with E-state index >= 15 is 0 Å². The average molecular weight is 280 g/mol. The van der Waals surface area contributed by atoms with Crippen LogP contribution in [0.4, 0.5) is 35.1 Å². The molecule has 0 radical (unpaired) electrons. The molecule has 1 atom stereocenters. The Morgan fingerprint density at radius 3 is 1.61 bits per heavy atom. The Morgan fingerprint density at radius 2 is 1.28 bits per heavy atom. The van der Waals surface area contributed by atoms with Gasteiger partial charge in [0.05, 0.1) is 5.56 Å². The summed E-state index contributed by atoms with van der Waals surface area (Å²) in [7, 11) is 0. The first kappa shape index (κ1) is 14.7. The molecular formula is C9H4F8O. The first-order valence-electron chi connectivity index (χ1n) is 4.25. The van der Waals surface area contributed by atoms with Gasteiger partial charge in [-0.1, -0.05) is 0 Å². The molecule has 0 saturated heterocycles. The van der Waals surface area contributed by atoms with E-state index < -0.39 is 41.2 Å². The summed E-state index contributed by atoms with van der Waals surface area (Å²) in [5.74, 6) is -11.4. The zero-order valence-corrected chi connectivity index (χ0v) is 8.20. The molecule has 1 nitrogen and oxygen atoms in total. The van der Waals surface area contributed by atoms with E-state index in [1.54, 1.807) is 0 Å². The van der Waals surface area contributed by atoms with Crippen LogP contribution in [0, 0.1) is 17.5 Å². The van der Waals surface area contributed by atoms with Crippen LogP contribution < -0.4 is 0 Å². The molecule has 9 heteroatoms. The fourth-order valence-electron chi connectivity index (χ4n) is 1.15. The van der Waals surface area contributed by atoms with Crippen molar-refractivity contribution in [2.75, 3.05) is 0 Å². The average Bonchev–Trinajstić information content (AvgIpc) is 2.13. The fraction of sp³-hybridized carbons (Fsp3) is 0.333. The number of aliphatic hydroxyl groups is 1. The van der Waals surface area contributed by atoms with Gasteiger partial charge in [0.15, 0.2) is 6.10 Å². The molecule has 0 heterocycles. The quantitative estimate of drug-likeness (QED) is 0.824. The predicted octanol–water partition coefficient (Wildman–Crippen LogP) is 3.33. The lowest BCUT2D eigenvalue weighted by atomic mass is 10.0. The fourth-order valence-corrected chi connectivity index (χ4v) is 1.15. The molecule has 0 spiro atoms. The molecule has 0 aliphatic rings. The lowest BCUT2D eigenvalue weighted by Gasteiger charge is -2.25. The van der Waals surface area contributed by atoms with Crippen LogP contribution in [0.15, 0.2) is 12.1 Å². The smallest absolute Gasteiger partial charge is 0.381 e. The first-order valence-corrected chi connectivity index (χ1v) is 4.25. The Kier molecular flexibility index (Phi) is 3.57. The molecule has 1 rings (SSSR count). The third-order valence-electron chi connectivity index (χ3n) is 2.04. The SMILES string of the molecule is OC(c1c(F)cc(F)cc1F)C(F)(F)C(F)(F)F. The summed E-state index contributed by atoms with van der Waals surface area (Å²) >= 11 is 0. The molecule has 0 saturated carbocycles. The van der Waals surface area contributed by atoms with Gasteiger partial charge < -0.3 is 5.11 Å². The second-order valence-corrected chi connectivity index (χ2v) is 3.31. The highest BCUT2D eigenvalue weighted by Gasteiger charge is 2.63. The van der Waals surface area contributed by atoms with Crippen molar-refractivity contribution in [2.24, 2.45) is 0 Å². The van der Waals surface area contributed by atoms with Crippen molar-refractivity contribution >= 4 is 0 Å². The molecule has 0 bridgehead atoms. The Labute approximate surface area is 94.6 Å². The Bertz CT molecular complexity index is 429. The van der Waals surface area contributed by atoms with E-state index in [0.29, 0.717) is 0 Å². The first-order chi connectivity index (χ1) is 7.98. The second-order valence-electron chi connectivity index (χ2n) is 3.31. The zero-order chi connectivity index (χ0) is 14.3. The van der Waals surface area contributed by atoms with Crippen molar-refractivity contribution in [3.63, 3.8) is 0 Å². The molecule has 0 aromatic heterocycles. The molecule has 1 aromatic carbocycles. The Hall–Kier alpha value is -1.38. The van der Waals surface area contributed by atoms with Gasteiger partial charge in [-0.05, 0) is 0 Å². The summed E-state index contributed by atoms with van der Waals surface area (Å²) < 4.78 is 99.3. The molecule has 18 heavy (non-hydrogen) atoms. The van der Waals surface area contributed by atoms with Gasteiger partial charge in [-0.25, -0.2) is 13.2 Å². The number of aliphatic hydroxyl groups excluding tert-OH is 1. The van der Waals surface area contributed by atoms with Gasteiger partial charge in [0, 0.05) is 12.1 Å². The largest absolute Gasteiger partial charge is 0.456 e. The highest BCUT2D eigenvalue weighted by Crippen LogP contribution is 2.45. The van der Waals surface area contributed by atoms with Gasteiger partial charge in [0.25, 0.3) is 0 Å². The van der Waals surface area contributed by atoms with E-state index in [1.807, 2.05) is 0 Å². The molecule has 1 N–H and O–H groups in total. The van der Waals surface area contributed by atoms with Crippen LogP contribution in [-0.4, -0.2) is 17.2 Å². The summed E-state index contributed by atoms with van der Waals surface area (Å²) in [6, 6.07) is -0.234. The van der Waals surface area contributed by atoms with E-state index in [1.165, 1.54) is 0 Å². The Morgan fingerprint density at radius 1 is 0.889 bits per heavy atom. The molecule has 1 unspecified atom stereocenters. The third-order valence-corrected chi connectivity index (χ3v) is 2.04. The highest BCUT2D eigenvalue weighted by atomic mass is 19.4. The maximum atomic E-state index is 12.9. The van der Waals surface area contributed by atoms with Crippen LogP contribution in [-0.2, 0) is 0 Å². The summed E-state index contributed by atoms with van der Waals surface area (Å²) in [4.78, 5) is 0. The highest BCUT2D eigenvalue weighted by molar-refractivity contribution is 5.25. The zero-order valence-electron chi connectivity index (χ0n) is 8.20. The van der Waals surface area contributed by atoms with E-state index in [2.05, 4.69) is 0 Å².